The number of nitrogens with one attached hydrogen (secondary N) is 1. The highest BCUT2D eigenvalue weighted by atomic mass is 19.4. The predicted molar refractivity (Wildman–Crippen MR) is 79.2 cm³/mol. The molecule has 1 saturated carbocycles. The van der Waals surface area contributed by atoms with Gasteiger partial charge in [-0.3, -0.25) is 0 Å². The van der Waals surface area contributed by atoms with Crippen LogP contribution in [0.5, 0.6) is 0 Å². The Balaban J connectivity index is 2.33. The van der Waals surface area contributed by atoms with Crippen molar-refractivity contribution in [3.8, 4) is 0 Å². The van der Waals surface area contributed by atoms with Crippen molar-refractivity contribution in [3.05, 3.63) is 0 Å². The van der Waals surface area contributed by atoms with Crippen LogP contribution < -0.4 is 5.32 Å². The molecular formula is C16H30F3NO. The summed E-state index contributed by atoms with van der Waals surface area (Å²) >= 11 is 0. The van der Waals surface area contributed by atoms with Crippen molar-refractivity contribution in [2.75, 3.05) is 19.8 Å². The summed E-state index contributed by atoms with van der Waals surface area (Å²) in [6.07, 6.45) is 1.10. The lowest BCUT2D eigenvalue weighted by Crippen LogP contribution is -2.41. The lowest BCUT2D eigenvalue weighted by atomic mass is 9.72. The topological polar surface area (TPSA) is 21.3 Å². The zero-order chi connectivity index (χ0) is 15.9. The Hall–Kier alpha value is -0.290. The molecule has 0 radical (unpaired) electrons. The summed E-state index contributed by atoms with van der Waals surface area (Å²) in [5.41, 5.74) is 0. The smallest absolute Gasteiger partial charge is 0.372 e. The maximum Gasteiger partial charge on any atom is 0.411 e. The van der Waals surface area contributed by atoms with Crippen LogP contribution in [0.2, 0.25) is 0 Å². The summed E-state index contributed by atoms with van der Waals surface area (Å²) in [5, 5.41) is 3.54. The first-order valence-corrected chi connectivity index (χ1v) is 8.21. The summed E-state index contributed by atoms with van der Waals surface area (Å²) in [4.78, 5) is 0. The van der Waals surface area contributed by atoms with E-state index in [1.807, 2.05) is 0 Å². The lowest BCUT2D eigenvalue weighted by molar-refractivity contribution is -0.174. The fourth-order valence-electron chi connectivity index (χ4n) is 3.39. The van der Waals surface area contributed by atoms with Gasteiger partial charge in [-0.05, 0) is 56.4 Å². The molecule has 1 N–H and O–H groups in total. The van der Waals surface area contributed by atoms with Crippen molar-refractivity contribution in [2.45, 2.75) is 65.1 Å². The summed E-state index contributed by atoms with van der Waals surface area (Å²) < 4.78 is 40.7. The van der Waals surface area contributed by atoms with E-state index in [2.05, 4.69) is 26.1 Å². The van der Waals surface area contributed by atoms with E-state index in [4.69, 9.17) is 4.74 Å². The van der Waals surface area contributed by atoms with Crippen molar-refractivity contribution in [2.24, 2.45) is 17.8 Å². The maximum atomic E-state index is 12.0. The summed E-state index contributed by atoms with van der Waals surface area (Å²) in [7, 11) is 0. The van der Waals surface area contributed by atoms with Crippen LogP contribution in [0.4, 0.5) is 13.2 Å². The van der Waals surface area contributed by atoms with E-state index >= 15 is 0 Å². The third-order valence-electron chi connectivity index (χ3n) is 4.56. The first-order valence-electron chi connectivity index (χ1n) is 8.21. The largest absolute Gasteiger partial charge is 0.411 e. The highest BCUT2D eigenvalue weighted by Crippen LogP contribution is 2.36. The molecule has 2 nitrogen and oxygen atoms in total. The molecule has 3 unspecified atom stereocenters. The first-order chi connectivity index (χ1) is 9.83. The van der Waals surface area contributed by atoms with Gasteiger partial charge in [0.1, 0.15) is 6.61 Å². The molecule has 1 aliphatic carbocycles. The second kappa shape index (κ2) is 8.99. The Morgan fingerprint density at radius 3 is 2.52 bits per heavy atom. The Kier molecular flexibility index (Phi) is 8.03. The van der Waals surface area contributed by atoms with E-state index in [1.165, 1.54) is 19.3 Å². The van der Waals surface area contributed by atoms with E-state index in [-0.39, 0.29) is 6.61 Å². The van der Waals surface area contributed by atoms with E-state index in [0.29, 0.717) is 24.3 Å². The van der Waals surface area contributed by atoms with Crippen LogP contribution in [-0.4, -0.2) is 32.0 Å². The van der Waals surface area contributed by atoms with Crippen molar-refractivity contribution < 1.29 is 17.9 Å². The number of rotatable bonds is 8. The molecule has 0 aliphatic heterocycles. The summed E-state index contributed by atoms with van der Waals surface area (Å²) in [6, 6.07) is 0.521. The molecule has 21 heavy (non-hydrogen) atoms. The molecule has 1 rings (SSSR count). The second-order valence-corrected chi connectivity index (χ2v) is 6.55. The minimum atomic E-state index is -4.21. The van der Waals surface area contributed by atoms with Gasteiger partial charge >= 0.3 is 6.18 Å². The molecule has 1 aliphatic rings. The van der Waals surface area contributed by atoms with Crippen LogP contribution in [0.1, 0.15) is 52.9 Å². The number of ether oxygens (including phenoxy) is 1. The van der Waals surface area contributed by atoms with Gasteiger partial charge < -0.3 is 10.1 Å². The molecule has 0 saturated heterocycles. The molecule has 5 heteroatoms. The molecule has 0 amide bonds. The average Bonchev–Trinajstić information content (AvgIpc) is 2.38. The van der Waals surface area contributed by atoms with Crippen LogP contribution in [0.25, 0.3) is 0 Å². The molecule has 126 valence electrons. The lowest BCUT2D eigenvalue weighted by Gasteiger charge is -2.38. The van der Waals surface area contributed by atoms with Gasteiger partial charge in [-0.2, -0.15) is 13.2 Å². The van der Waals surface area contributed by atoms with Gasteiger partial charge in [-0.15, -0.1) is 0 Å². The van der Waals surface area contributed by atoms with Gasteiger partial charge in [0.2, 0.25) is 0 Å². The zero-order valence-corrected chi connectivity index (χ0v) is 13.5. The van der Waals surface area contributed by atoms with Gasteiger partial charge in [-0.25, -0.2) is 0 Å². The molecule has 0 bridgehead atoms. The zero-order valence-electron chi connectivity index (χ0n) is 13.5. The van der Waals surface area contributed by atoms with Crippen LogP contribution >= 0.6 is 0 Å². The van der Waals surface area contributed by atoms with Gasteiger partial charge in [0.25, 0.3) is 0 Å². The van der Waals surface area contributed by atoms with Crippen LogP contribution in [0, 0.1) is 17.8 Å². The predicted octanol–water partition coefficient (Wildman–Crippen LogP) is 4.40. The molecular weight excluding hydrogens is 279 g/mol. The van der Waals surface area contributed by atoms with Crippen molar-refractivity contribution in [1.29, 1.82) is 0 Å². The number of hydrogen-bond donors (Lipinski definition) is 1. The van der Waals surface area contributed by atoms with E-state index in [0.717, 1.165) is 18.9 Å². The van der Waals surface area contributed by atoms with Gasteiger partial charge in [0.15, 0.2) is 0 Å². The molecule has 3 atom stereocenters. The van der Waals surface area contributed by atoms with E-state index in [1.54, 1.807) is 0 Å². The van der Waals surface area contributed by atoms with E-state index in [9.17, 15) is 13.2 Å². The molecule has 1 fully saturated rings. The fourth-order valence-corrected chi connectivity index (χ4v) is 3.39. The van der Waals surface area contributed by atoms with Crippen molar-refractivity contribution in [1.82, 2.24) is 5.32 Å². The third kappa shape index (κ3) is 7.50. The quantitative estimate of drug-likeness (QED) is 0.671. The standard InChI is InChI=1S/C16H30F3NO/c1-4-20-15-8-7-13(12(2)3)10-14(15)6-5-9-21-11-16(17,18)19/h12-15,20H,4-11H2,1-3H3. The Labute approximate surface area is 126 Å². The van der Waals surface area contributed by atoms with Crippen LogP contribution in [0.3, 0.4) is 0 Å². The van der Waals surface area contributed by atoms with Gasteiger partial charge in [0.05, 0.1) is 0 Å². The number of hydrogen-bond acceptors (Lipinski definition) is 2. The normalized spacial score (nSPS) is 27.3. The van der Waals surface area contributed by atoms with Crippen LogP contribution in [-0.2, 0) is 4.74 Å². The molecule has 0 aromatic carbocycles. The Morgan fingerprint density at radius 2 is 1.95 bits per heavy atom. The average molecular weight is 309 g/mol. The van der Waals surface area contributed by atoms with Gasteiger partial charge in [-0.1, -0.05) is 20.8 Å². The van der Waals surface area contributed by atoms with Crippen molar-refractivity contribution >= 4 is 0 Å². The number of halogens is 3. The highest BCUT2D eigenvalue weighted by Gasteiger charge is 2.31. The van der Waals surface area contributed by atoms with E-state index < -0.39 is 12.8 Å². The summed E-state index contributed by atoms with van der Waals surface area (Å²) in [6.45, 7) is 6.68. The molecule has 0 spiro atoms. The van der Waals surface area contributed by atoms with Crippen molar-refractivity contribution in [3.63, 3.8) is 0 Å². The maximum absolute atomic E-state index is 12.0. The van der Waals surface area contributed by atoms with Crippen LogP contribution in [0.15, 0.2) is 0 Å². The van der Waals surface area contributed by atoms with Gasteiger partial charge in [0, 0.05) is 12.6 Å². The fraction of sp³-hybridized carbons (Fsp3) is 1.00. The molecule has 0 aromatic rings. The SMILES string of the molecule is CCNC1CCC(C(C)C)CC1CCCOCC(F)(F)F. The summed E-state index contributed by atoms with van der Waals surface area (Å²) in [5.74, 6) is 2.01. The number of alkyl halides is 3. The monoisotopic (exact) mass is 309 g/mol. The Bertz CT molecular complexity index is 281. The minimum Gasteiger partial charge on any atom is -0.372 e. The molecule has 0 aromatic heterocycles. The third-order valence-corrected chi connectivity index (χ3v) is 4.56. The first kappa shape index (κ1) is 18.8. The molecule has 0 heterocycles. The highest BCUT2D eigenvalue weighted by molar-refractivity contribution is 4.85. The Morgan fingerprint density at radius 1 is 1.24 bits per heavy atom. The second-order valence-electron chi connectivity index (χ2n) is 6.55. The minimum absolute atomic E-state index is 0.210.